The van der Waals surface area contributed by atoms with E-state index in [1.165, 1.54) is 34.7 Å². The molecule has 0 aromatic heterocycles. The van der Waals surface area contributed by atoms with Crippen LogP contribution >= 0.6 is 70.6 Å². The molecule has 1 aliphatic carbocycles. The molecule has 2 aromatic carbocycles. The van der Waals surface area contributed by atoms with Gasteiger partial charge in [0.2, 0.25) is 0 Å². The minimum absolute atomic E-state index is 0.0769. The van der Waals surface area contributed by atoms with Gasteiger partial charge >= 0.3 is 0 Å². The molecule has 0 bridgehead atoms. The number of hydrogen-bond acceptors (Lipinski definition) is 8. The Kier molecular flexibility index (Phi) is 6.31. The second-order valence-electron chi connectivity index (χ2n) is 9.45. The van der Waals surface area contributed by atoms with Crippen LogP contribution in [0.1, 0.15) is 21.6 Å². The lowest BCUT2D eigenvalue weighted by Crippen LogP contribution is -2.41. The van der Waals surface area contributed by atoms with Gasteiger partial charge in [0.25, 0.3) is 0 Å². The molecule has 0 N–H and O–H groups in total. The molecule has 2 aromatic rings. The molecule has 5 fully saturated rings. The summed E-state index contributed by atoms with van der Waals surface area (Å²) < 4.78 is 0. The quantitative estimate of drug-likeness (QED) is 0.342. The van der Waals surface area contributed by atoms with Crippen molar-refractivity contribution in [2.45, 2.75) is 42.0 Å². The van der Waals surface area contributed by atoms with E-state index in [4.69, 9.17) is 0 Å². The van der Waals surface area contributed by atoms with E-state index in [1.807, 2.05) is 47.0 Å². The Morgan fingerprint density at radius 3 is 1.41 bits per heavy atom. The Bertz CT molecular complexity index is 1010. The summed E-state index contributed by atoms with van der Waals surface area (Å²) in [5.74, 6) is 1.59. The molecule has 0 radical (unpaired) electrons. The smallest absolute Gasteiger partial charge is 0.194 e. The number of thioether (sulfide) groups is 6. The maximum absolute atomic E-state index is 13.4. The third-order valence-corrected chi connectivity index (χ3v) is 15.8. The Hall–Kier alpha value is -0.120. The van der Waals surface area contributed by atoms with Gasteiger partial charge in [0, 0.05) is 53.5 Å². The summed E-state index contributed by atoms with van der Waals surface area (Å²) >= 11 is 10.9. The summed E-state index contributed by atoms with van der Waals surface area (Å²) in [5.41, 5.74) is 2.74. The average molecular weight is 561 g/mol. The number of benzene rings is 2. The van der Waals surface area contributed by atoms with Crippen LogP contribution in [0.2, 0.25) is 0 Å². The van der Waals surface area contributed by atoms with E-state index >= 15 is 0 Å². The van der Waals surface area contributed by atoms with E-state index in [2.05, 4.69) is 60.7 Å². The summed E-state index contributed by atoms with van der Waals surface area (Å²) in [6.45, 7) is 0. The van der Waals surface area contributed by atoms with Crippen LogP contribution in [0.4, 0.5) is 0 Å². The van der Waals surface area contributed by atoms with E-state index in [-0.39, 0.29) is 22.1 Å². The summed E-state index contributed by atoms with van der Waals surface area (Å²) in [4.78, 5) is 26.9. The zero-order valence-electron chi connectivity index (χ0n) is 18.2. The molecule has 2 nitrogen and oxygen atoms in total. The zero-order chi connectivity index (χ0) is 22.8. The van der Waals surface area contributed by atoms with E-state index in [0.717, 1.165) is 11.5 Å². The minimum atomic E-state index is -0.0769. The molecule has 5 aliphatic rings. The van der Waals surface area contributed by atoms with Gasteiger partial charge in [0.1, 0.15) is 0 Å². The van der Waals surface area contributed by atoms with Crippen LogP contribution < -0.4 is 0 Å². The predicted molar refractivity (Wildman–Crippen MR) is 153 cm³/mol. The van der Waals surface area contributed by atoms with Crippen molar-refractivity contribution < 1.29 is 9.59 Å². The minimum Gasteiger partial charge on any atom is -0.287 e. The number of fused-ring (bicyclic) bond motifs is 3. The molecule has 4 aliphatic heterocycles. The van der Waals surface area contributed by atoms with Crippen LogP contribution in [0.25, 0.3) is 0 Å². The normalized spacial score (nSPS) is 40.6. The highest BCUT2D eigenvalue weighted by molar-refractivity contribution is 8.17. The topological polar surface area (TPSA) is 34.1 Å². The lowest BCUT2D eigenvalue weighted by Gasteiger charge is -2.26. The van der Waals surface area contributed by atoms with Gasteiger partial charge in [-0.25, -0.2) is 0 Å². The van der Waals surface area contributed by atoms with Crippen LogP contribution in [0.5, 0.6) is 0 Å². The molecule has 1 saturated carbocycles. The third-order valence-electron chi connectivity index (χ3n) is 7.29. The zero-order valence-corrected chi connectivity index (χ0v) is 23.1. The maximum Gasteiger partial charge on any atom is 0.194 e. The second kappa shape index (κ2) is 9.32. The van der Waals surface area contributed by atoms with Crippen LogP contribution in [-0.4, -0.2) is 53.2 Å². The number of carbonyl (C=O) groups excluding carboxylic acids is 2. The largest absolute Gasteiger partial charge is 0.287 e. The summed E-state index contributed by atoms with van der Waals surface area (Å²) in [7, 11) is 0. The van der Waals surface area contributed by atoms with Crippen LogP contribution in [0.3, 0.4) is 0 Å². The Morgan fingerprint density at radius 2 is 1.00 bits per heavy atom. The first-order valence-electron chi connectivity index (χ1n) is 11.7. The highest BCUT2D eigenvalue weighted by atomic mass is 32.2. The first kappa shape index (κ1) is 23.0. The fourth-order valence-electron chi connectivity index (χ4n) is 5.28. The molecule has 4 saturated heterocycles. The van der Waals surface area contributed by atoms with E-state index in [9.17, 15) is 9.59 Å². The van der Waals surface area contributed by atoms with Crippen molar-refractivity contribution in [3.05, 3.63) is 71.8 Å². The molecule has 34 heavy (non-hydrogen) atoms. The highest BCUT2D eigenvalue weighted by Gasteiger charge is 2.70. The molecular weight excluding hydrogens is 537 g/mol. The first-order valence-corrected chi connectivity index (χ1v) is 17.5. The standard InChI is InChI=1S/C26H24O2S6/c27-25(29-11-15-19(31-15)13-7-3-1-4-8-13)17-18(22-24(34-22)23-21(17)33-23)26(28)30-12-16-20(32-16)14-9-5-2-6-10-14/h1-10,15-24H,11-12H2. The van der Waals surface area contributed by atoms with Gasteiger partial charge in [0.05, 0.1) is 11.8 Å². The van der Waals surface area contributed by atoms with Crippen molar-refractivity contribution in [3.8, 4) is 0 Å². The molecule has 4 heterocycles. The summed E-state index contributed by atoms with van der Waals surface area (Å²) in [5, 5.41) is 4.68. The Labute approximate surface area is 226 Å². The van der Waals surface area contributed by atoms with Crippen molar-refractivity contribution in [1.82, 2.24) is 0 Å². The first-order chi connectivity index (χ1) is 16.7. The van der Waals surface area contributed by atoms with Gasteiger partial charge in [0.15, 0.2) is 10.2 Å². The van der Waals surface area contributed by atoms with E-state index in [1.54, 1.807) is 0 Å². The second-order valence-corrected chi connectivity index (χ2v) is 17.0. The van der Waals surface area contributed by atoms with Crippen LogP contribution in [-0.2, 0) is 9.59 Å². The van der Waals surface area contributed by atoms with Gasteiger partial charge in [-0.3, -0.25) is 9.59 Å². The Morgan fingerprint density at radius 1 is 0.588 bits per heavy atom. The van der Waals surface area contributed by atoms with E-state index in [0.29, 0.717) is 42.0 Å². The number of hydrogen-bond donors (Lipinski definition) is 0. The van der Waals surface area contributed by atoms with Gasteiger partial charge < -0.3 is 0 Å². The van der Waals surface area contributed by atoms with Crippen molar-refractivity contribution in [3.63, 3.8) is 0 Å². The molecule has 10 unspecified atom stereocenters. The van der Waals surface area contributed by atoms with Crippen LogP contribution in [0.15, 0.2) is 60.7 Å². The van der Waals surface area contributed by atoms with Gasteiger partial charge in [-0.15, -0.1) is 23.5 Å². The molecule has 7 rings (SSSR count). The molecule has 10 atom stereocenters. The third kappa shape index (κ3) is 4.53. The Balaban J connectivity index is 0.959. The van der Waals surface area contributed by atoms with Crippen LogP contribution in [0, 0.1) is 11.8 Å². The summed E-state index contributed by atoms with van der Waals surface area (Å²) in [6, 6.07) is 21.2. The lowest BCUT2D eigenvalue weighted by atomic mass is 9.81. The van der Waals surface area contributed by atoms with Gasteiger partial charge in [-0.1, -0.05) is 84.2 Å². The molecule has 8 heteroatoms. The number of rotatable bonds is 8. The maximum atomic E-state index is 13.4. The fourth-order valence-corrected chi connectivity index (χ4v) is 13.8. The lowest BCUT2D eigenvalue weighted by molar-refractivity contribution is -0.123. The average Bonchev–Trinajstić information content (AvgIpc) is 3.70. The van der Waals surface area contributed by atoms with Crippen molar-refractivity contribution >= 4 is 80.8 Å². The SMILES string of the molecule is O=C(SCC1SC1c1ccccc1)C1C2SC2C2SC2C1C(=O)SCC1SC1c1ccccc1. The fraction of sp³-hybridized carbons (Fsp3) is 0.462. The van der Waals surface area contributed by atoms with Gasteiger partial charge in [-0.05, 0) is 11.1 Å². The monoisotopic (exact) mass is 560 g/mol. The highest BCUT2D eigenvalue weighted by Crippen LogP contribution is 2.70. The number of carbonyl (C=O) groups is 2. The predicted octanol–water partition coefficient (Wildman–Crippen LogP) is 6.43. The molecule has 0 amide bonds. The van der Waals surface area contributed by atoms with Crippen molar-refractivity contribution in [1.29, 1.82) is 0 Å². The molecule has 176 valence electrons. The van der Waals surface area contributed by atoms with Gasteiger partial charge in [-0.2, -0.15) is 23.5 Å². The van der Waals surface area contributed by atoms with Crippen molar-refractivity contribution in [2.24, 2.45) is 11.8 Å². The molecular formula is C26H24O2S6. The van der Waals surface area contributed by atoms with E-state index < -0.39 is 0 Å². The summed E-state index contributed by atoms with van der Waals surface area (Å²) in [6.07, 6.45) is 0. The molecule has 0 spiro atoms. The van der Waals surface area contributed by atoms with Crippen molar-refractivity contribution in [2.75, 3.05) is 11.5 Å².